The van der Waals surface area contributed by atoms with Gasteiger partial charge in [0.1, 0.15) is 5.02 Å². The fourth-order valence-corrected chi connectivity index (χ4v) is 1.79. The van der Waals surface area contributed by atoms with Gasteiger partial charge in [-0.15, -0.1) is 0 Å². The van der Waals surface area contributed by atoms with Crippen LogP contribution in [0, 0.1) is 0 Å². The van der Waals surface area contributed by atoms with E-state index < -0.39 is 23.4 Å². The van der Waals surface area contributed by atoms with E-state index in [9.17, 15) is 14.4 Å². The number of esters is 1. The first-order chi connectivity index (χ1) is 10.0. The second-order valence-corrected chi connectivity index (χ2v) is 4.89. The minimum absolute atomic E-state index is 0.1000. The SMILES string of the molecule is CCCNC(C(=O)OCCC)C(=O)c1c[nH]c(=O)c(Cl)c1. The molecule has 7 heteroatoms. The monoisotopic (exact) mass is 314 g/mol. The number of pyridine rings is 1. The van der Waals surface area contributed by atoms with Crippen molar-refractivity contribution < 1.29 is 14.3 Å². The van der Waals surface area contributed by atoms with Crippen molar-refractivity contribution in [2.75, 3.05) is 13.2 Å². The Morgan fingerprint density at radius 3 is 2.67 bits per heavy atom. The molecule has 116 valence electrons. The van der Waals surface area contributed by atoms with Crippen molar-refractivity contribution in [3.8, 4) is 0 Å². The topological polar surface area (TPSA) is 88.3 Å². The number of carbonyl (C=O) groups is 2. The van der Waals surface area contributed by atoms with Crippen LogP contribution in [0.2, 0.25) is 5.02 Å². The van der Waals surface area contributed by atoms with E-state index in [1.807, 2.05) is 13.8 Å². The molecule has 0 amide bonds. The van der Waals surface area contributed by atoms with Crippen LogP contribution in [0.3, 0.4) is 0 Å². The van der Waals surface area contributed by atoms with E-state index >= 15 is 0 Å². The lowest BCUT2D eigenvalue weighted by molar-refractivity contribution is -0.144. The number of aromatic nitrogens is 1. The molecular formula is C14H19ClN2O4. The van der Waals surface area contributed by atoms with E-state index in [2.05, 4.69) is 10.3 Å². The van der Waals surface area contributed by atoms with E-state index in [1.54, 1.807) is 0 Å². The van der Waals surface area contributed by atoms with E-state index in [1.165, 1.54) is 12.3 Å². The second-order valence-electron chi connectivity index (χ2n) is 4.48. The van der Waals surface area contributed by atoms with E-state index in [0.29, 0.717) is 13.0 Å². The van der Waals surface area contributed by atoms with Crippen LogP contribution in [-0.2, 0) is 9.53 Å². The molecule has 1 unspecified atom stereocenters. The predicted molar refractivity (Wildman–Crippen MR) is 79.7 cm³/mol. The zero-order valence-corrected chi connectivity index (χ0v) is 12.8. The van der Waals surface area contributed by atoms with Gasteiger partial charge in [0, 0.05) is 11.8 Å². The Labute approximate surface area is 127 Å². The van der Waals surface area contributed by atoms with Crippen LogP contribution in [0.1, 0.15) is 37.0 Å². The molecule has 0 spiro atoms. The summed E-state index contributed by atoms with van der Waals surface area (Å²) in [5.41, 5.74) is -0.332. The first kappa shape index (κ1) is 17.4. The average Bonchev–Trinajstić information content (AvgIpc) is 2.48. The van der Waals surface area contributed by atoms with Gasteiger partial charge < -0.3 is 9.72 Å². The van der Waals surface area contributed by atoms with Gasteiger partial charge in [-0.3, -0.25) is 14.9 Å². The molecule has 1 atom stereocenters. The van der Waals surface area contributed by atoms with E-state index in [0.717, 1.165) is 6.42 Å². The smallest absolute Gasteiger partial charge is 0.331 e. The highest BCUT2D eigenvalue weighted by Crippen LogP contribution is 2.08. The number of hydrogen-bond donors (Lipinski definition) is 2. The van der Waals surface area contributed by atoms with Crippen molar-refractivity contribution in [3.05, 3.63) is 33.2 Å². The van der Waals surface area contributed by atoms with Crippen LogP contribution < -0.4 is 10.9 Å². The molecule has 1 aromatic rings. The van der Waals surface area contributed by atoms with Crippen molar-refractivity contribution in [3.63, 3.8) is 0 Å². The number of ether oxygens (including phenoxy) is 1. The Bertz CT molecular complexity index is 556. The fourth-order valence-electron chi connectivity index (χ4n) is 1.62. The van der Waals surface area contributed by atoms with Crippen LogP contribution in [0.4, 0.5) is 0 Å². The molecule has 0 aromatic carbocycles. The summed E-state index contributed by atoms with van der Waals surface area (Å²) in [5.74, 6) is -1.11. The first-order valence-corrected chi connectivity index (χ1v) is 7.21. The van der Waals surface area contributed by atoms with Crippen molar-refractivity contribution >= 4 is 23.4 Å². The van der Waals surface area contributed by atoms with Crippen LogP contribution in [0.15, 0.2) is 17.1 Å². The highest BCUT2D eigenvalue weighted by atomic mass is 35.5. The van der Waals surface area contributed by atoms with Gasteiger partial charge in [0.05, 0.1) is 6.61 Å². The van der Waals surface area contributed by atoms with Gasteiger partial charge in [-0.05, 0) is 25.5 Å². The molecule has 0 saturated carbocycles. The highest BCUT2D eigenvalue weighted by Gasteiger charge is 2.28. The van der Waals surface area contributed by atoms with Crippen molar-refractivity contribution in [1.29, 1.82) is 0 Å². The molecule has 6 nitrogen and oxygen atoms in total. The standard InChI is InChI=1S/C14H19ClN2O4/c1-3-5-16-11(14(20)21-6-4-2)12(18)9-7-10(15)13(19)17-8-9/h7-8,11,16H,3-6H2,1-2H3,(H,17,19). The minimum Gasteiger partial charge on any atom is -0.464 e. The number of carbonyl (C=O) groups excluding carboxylic acids is 2. The quantitative estimate of drug-likeness (QED) is 0.431. The summed E-state index contributed by atoms with van der Waals surface area (Å²) in [5, 5.41) is 2.75. The molecule has 21 heavy (non-hydrogen) atoms. The summed E-state index contributed by atoms with van der Waals surface area (Å²) in [6, 6.07) is 0.148. The molecule has 0 aliphatic heterocycles. The maximum Gasteiger partial charge on any atom is 0.331 e. The molecular weight excluding hydrogens is 296 g/mol. The largest absolute Gasteiger partial charge is 0.464 e. The summed E-state index contributed by atoms with van der Waals surface area (Å²) in [7, 11) is 0. The van der Waals surface area contributed by atoms with Gasteiger partial charge in [0.2, 0.25) is 0 Å². The van der Waals surface area contributed by atoms with Gasteiger partial charge in [-0.25, -0.2) is 4.79 Å². The summed E-state index contributed by atoms with van der Waals surface area (Å²) in [6.07, 6.45) is 2.67. The Balaban J connectivity index is 2.95. The van der Waals surface area contributed by atoms with Crippen LogP contribution in [-0.4, -0.2) is 35.9 Å². The Kier molecular flexibility index (Phi) is 7.11. The summed E-state index contributed by atoms with van der Waals surface area (Å²) in [6.45, 7) is 4.53. The maximum atomic E-state index is 12.4. The normalized spacial score (nSPS) is 12.0. The molecule has 2 N–H and O–H groups in total. The number of ketones is 1. The van der Waals surface area contributed by atoms with Gasteiger partial charge >= 0.3 is 5.97 Å². The summed E-state index contributed by atoms with van der Waals surface area (Å²) in [4.78, 5) is 37.9. The summed E-state index contributed by atoms with van der Waals surface area (Å²) >= 11 is 5.70. The zero-order chi connectivity index (χ0) is 15.8. The number of aromatic amines is 1. The third kappa shape index (κ3) is 4.99. The third-order valence-corrected chi connectivity index (χ3v) is 2.97. The number of H-pyrrole nitrogens is 1. The summed E-state index contributed by atoms with van der Waals surface area (Å²) < 4.78 is 5.02. The molecule has 0 aliphatic rings. The highest BCUT2D eigenvalue weighted by molar-refractivity contribution is 6.30. The maximum absolute atomic E-state index is 12.4. The Morgan fingerprint density at radius 1 is 1.38 bits per heavy atom. The van der Waals surface area contributed by atoms with Crippen LogP contribution in [0.25, 0.3) is 0 Å². The van der Waals surface area contributed by atoms with Crippen LogP contribution in [0.5, 0.6) is 0 Å². The van der Waals surface area contributed by atoms with Gasteiger partial charge in [0.15, 0.2) is 11.8 Å². The minimum atomic E-state index is -1.10. The molecule has 1 heterocycles. The zero-order valence-electron chi connectivity index (χ0n) is 12.1. The van der Waals surface area contributed by atoms with Gasteiger partial charge in [-0.2, -0.15) is 0 Å². The molecule has 0 radical (unpaired) electrons. The fraction of sp³-hybridized carbons (Fsp3) is 0.500. The Morgan fingerprint density at radius 2 is 2.10 bits per heavy atom. The molecule has 0 bridgehead atoms. The number of hydrogen-bond acceptors (Lipinski definition) is 5. The van der Waals surface area contributed by atoms with Crippen molar-refractivity contribution in [1.82, 2.24) is 10.3 Å². The predicted octanol–water partition coefficient (Wildman–Crippen LogP) is 1.53. The molecule has 0 aliphatic carbocycles. The molecule has 1 rings (SSSR count). The number of halogens is 1. The van der Waals surface area contributed by atoms with E-state index in [4.69, 9.17) is 16.3 Å². The Hall–Kier alpha value is -1.66. The molecule has 0 fully saturated rings. The van der Waals surface area contributed by atoms with Gasteiger partial charge in [0.25, 0.3) is 5.56 Å². The molecule has 1 aromatic heterocycles. The lowest BCUT2D eigenvalue weighted by Crippen LogP contribution is -2.45. The van der Waals surface area contributed by atoms with Crippen molar-refractivity contribution in [2.45, 2.75) is 32.7 Å². The lowest BCUT2D eigenvalue weighted by Gasteiger charge is -2.16. The first-order valence-electron chi connectivity index (χ1n) is 6.83. The van der Waals surface area contributed by atoms with Gasteiger partial charge in [-0.1, -0.05) is 25.4 Å². The molecule has 0 saturated heterocycles. The van der Waals surface area contributed by atoms with Crippen LogP contribution >= 0.6 is 11.6 Å². The van der Waals surface area contributed by atoms with Crippen molar-refractivity contribution in [2.24, 2.45) is 0 Å². The lowest BCUT2D eigenvalue weighted by atomic mass is 10.1. The average molecular weight is 315 g/mol. The number of Topliss-reactive ketones (excluding diaryl/α,β-unsaturated/α-hetero) is 1. The third-order valence-electron chi connectivity index (χ3n) is 2.69. The number of nitrogens with one attached hydrogen (secondary N) is 2. The van der Waals surface area contributed by atoms with E-state index in [-0.39, 0.29) is 17.2 Å². The number of rotatable bonds is 8. The second kappa shape index (κ2) is 8.59.